The van der Waals surface area contributed by atoms with E-state index in [4.69, 9.17) is 0 Å². The number of rotatable bonds is 3. The van der Waals surface area contributed by atoms with Crippen molar-refractivity contribution >= 4 is 16.0 Å². The van der Waals surface area contributed by atoms with Crippen LogP contribution in [0.3, 0.4) is 0 Å². The van der Waals surface area contributed by atoms with Crippen LogP contribution in [-0.2, 0) is 47.5 Å². The van der Waals surface area contributed by atoms with E-state index in [0.717, 1.165) is 0 Å². The van der Waals surface area contributed by atoms with Gasteiger partial charge in [0.05, 0.1) is 12.7 Å². The summed E-state index contributed by atoms with van der Waals surface area (Å²) in [5, 5.41) is 0. The van der Waals surface area contributed by atoms with E-state index in [2.05, 4.69) is 9.46 Å². The molecule has 1 aromatic carbocycles. The van der Waals surface area contributed by atoms with Crippen molar-refractivity contribution < 1.29 is 50.7 Å². The normalized spacial score (nSPS) is 9.94. The summed E-state index contributed by atoms with van der Waals surface area (Å²) >= 11 is 0. The second-order valence-electron chi connectivity index (χ2n) is 3.13. The summed E-state index contributed by atoms with van der Waals surface area (Å²) in [6.07, 6.45) is 0. The van der Waals surface area contributed by atoms with Crippen molar-refractivity contribution in [3.05, 3.63) is 41.5 Å². The van der Waals surface area contributed by atoms with E-state index in [1.165, 1.54) is 26.3 Å². The van der Waals surface area contributed by atoms with E-state index < -0.39 is 16.0 Å². The topological polar surface area (TPSA) is 74.5 Å². The van der Waals surface area contributed by atoms with Crippen molar-refractivity contribution in [2.75, 3.05) is 14.2 Å². The molecule has 0 atom stereocenters. The van der Waals surface area contributed by atoms with Crippen LogP contribution in [0, 0.1) is 14.4 Å². The van der Waals surface area contributed by atoms with Gasteiger partial charge in [-0.05, 0) is 24.6 Å². The average Bonchev–Trinajstić information content (AvgIpc) is 2.28. The fourth-order valence-corrected chi connectivity index (χ4v) is 1.91. The molecule has 0 N–H and O–H groups in total. The van der Waals surface area contributed by atoms with Gasteiger partial charge in [0.2, 0.25) is 0 Å². The summed E-state index contributed by atoms with van der Waals surface area (Å²) in [5.74, 6) is -0.564. The third kappa shape index (κ3) is 4.42. The minimum absolute atomic E-state index is 0. The van der Waals surface area contributed by atoms with Crippen LogP contribution in [0.15, 0.2) is 23.1 Å². The predicted octanol–water partition coefficient (Wildman–Crippen LogP) is 1.92. The van der Waals surface area contributed by atoms with Gasteiger partial charge in [0.1, 0.15) is 10.0 Å². The molecule has 0 aliphatic heterocycles. The molecule has 18 heavy (non-hydrogen) atoms. The molecule has 0 heterocycles. The standard InChI is InChI=1S/C10H12NO4S.CH3.Y/c1-7-4-5-8(16(13,14)11-2)6-9(7)10(12)15-3;;/h4-6H,1-3H3;1H3;/q2*-1;. The van der Waals surface area contributed by atoms with E-state index in [9.17, 15) is 13.2 Å². The Hall–Kier alpha value is -0.296. The van der Waals surface area contributed by atoms with Gasteiger partial charge in [0.15, 0.2) is 0 Å². The molecule has 0 fully saturated rings. The number of carbonyl (C=O) groups is 1. The summed E-state index contributed by atoms with van der Waals surface area (Å²) in [6, 6.07) is 4.22. The minimum atomic E-state index is -3.66. The fraction of sp³-hybridized carbons (Fsp3) is 0.273. The van der Waals surface area contributed by atoms with Crippen molar-refractivity contribution in [2.24, 2.45) is 0 Å². The number of nitrogens with zero attached hydrogens (tertiary/aromatic N) is 1. The number of esters is 1. The largest absolute Gasteiger partial charge is 0.547 e. The third-order valence-electron chi connectivity index (χ3n) is 2.15. The summed E-state index contributed by atoms with van der Waals surface area (Å²) in [4.78, 5) is 11.3. The summed E-state index contributed by atoms with van der Waals surface area (Å²) < 4.78 is 30.7. The molecule has 0 amide bonds. The van der Waals surface area contributed by atoms with Gasteiger partial charge in [-0.1, -0.05) is 6.07 Å². The number of sulfonamides is 1. The molecule has 1 radical (unpaired) electrons. The molecule has 0 spiro atoms. The quantitative estimate of drug-likeness (QED) is 0.619. The van der Waals surface area contributed by atoms with Crippen molar-refractivity contribution in [2.45, 2.75) is 11.8 Å². The maximum Gasteiger partial charge on any atom is 0.338 e. The van der Waals surface area contributed by atoms with Gasteiger partial charge in [-0.15, -0.1) is 0 Å². The zero-order valence-corrected chi connectivity index (χ0v) is 14.5. The molecule has 0 unspecified atom stereocenters. The number of ether oxygens (including phenoxy) is 1. The average molecular weight is 346 g/mol. The van der Waals surface area contributed by atoms with Crippen LogP contribution in [0.2, 0.25) is 0 Å². The Morgan fingerprint density at radius 1 is 1.33 bits per heavy atom. The Morgan fingerprint density at radius 3 is 2.33 bits per heavy atom. The van der Waals surface area contributed by atoms with Gasteiger partial charge >= 0.3 is 5.97 Å². The molecular weight excluding hydrogens is 331 g/mol. The van der Waals surface area contributed by atoms with Crippen LogP contribution in [0.25, 0.3) is 4.72 Å². The zero-order valence-electron chi connectivity index (χ0n) is 10.8. The van der Waals surface area contributed by atoms with Crippen LogP contribution in [0.5, 0.6) is 0 Å². The maximum atomic E-state index is 11.5. The first-order valence-corrected chi connectivity index (χ1v) is 5.91. The van der Waals surface area contributed by atoms with E-state index >= 15 is 0 Å². The molecular formula is C11H15NO4SY-2. The van der Waals surface area contributed by atoms with Crippen LogP contribution in [0.4, 0.5) is 0 Å². The molecule has 1 rings (SSSR count). The molecule has 0 aliphatic rings. The van der Waals surface area contributed by atoms with Crippen molar-refractivity contribution in [3.63, 3.8) is 0 Å². The fourth-order valence-electron chi connectivity index (χ4n) is 1.20. The Balaban J connectivity index is 0. The van der Waals surface area contributed by atoms with Crippen molar-refractivity contribution in [3.8, 4) is 0 Å². The van der Waals surface area contributed by atoms with Crippen LogP contribution in [0.1, 0.15) is 15.9 Å². The van der Waals surface area contributed by atoms with Gasteiger partial charge < -0.3 is 16.9 Å². The number of hydrogen-bond donors (Lipinski definition) is 0. The molecule has 0 saturated carbocycles. The number of carbonyl (C=O) groups excluding carboxylic acids is 1. The number of methoxy groups -OCH3 is 1. The van der Waals surface area contributed by atoms with Crippen LogP contribution >= 0.6 is 0 Å². The molecule has 1 aromatic rings. The SMILES string of the molecule is C[N-]S(=O)(=O)c1ccc(C)c(C(=O)OC)c1.[CH3-].[Y]. The van der Waals surface area contributed by atoms with Gasteiger partial charge in [-0.2, -0.15) is 7.05 Å². The number of aryl methyl sites for hydroxylation is 1. The summed E-state index contributed by atoms with van der Waals surface area (Å²) in [6.45, 7) is 1.70. The molecule has 7 heteroatoms. The second kappa shape index (κ2) is 7.99. The van der Waals surface area contributed by atoms with E-state index in [0.29, 0.717) is 5.56 Å². The summed E-state index contributed by atoms with van der Waals surface area (Å²) in [5.41, 5.74) is 0.883. The van der Waals surface area contributed by atoms with Crippen LogP contribution in [-0.4, -0.2) is 28.5 Å². The van der Waals surface area contributed by atoms with E-state index in [-0.39, 0.29) is 50.6 Å². The Bertz CT molecular complexity index is 514. The van der Waals surface area contributed by atoms with Crippen LogP contribution < -0.4 is 0 Å². The van der Waals surface area contributed by atoms with Gasteiger partial charge in [0, 0.05) is 37.6 Å². The third-order valence-corrected chi connectivity index (χ3v) is 3.48. The molecule has 5 nitrogen and oxygen atoms in total. The van der Waals surface area contributed by atoms with E-state index in [1.807, 2.05) is 0 Å². The zero-order chi connectivity index (χ0) is 12.3. The Kier molecular flexibility index (Phi) is 8.89. The van der Waals surface area contributed by atoms with E-state index in [1.54, 1.807) is 13.0 Å². The van der Waals surface area contributed by atoms with Gasteiger partial charge in [-0.25, -0.2) is 13.2 Å². The molecule has 0 saturated heterocycles. The molecule has 0 aromatic heterocycles. The minimum Gasteiger partial charge on any atom is -0.547 e. The summed E-state index contributed by atoms with van der Waals surface area (Å²) in [7, 11) is -1.23. The number of hydrogen-bond acceptors (Lipinski definition) is 4. The molecule has 99 valence electrons. The predicted molar refractivity (Wildman–Crippen MR) is 65.4 cm³/mol. The maximum absolute atomic E-state index is 11.5. The van der Waals surface area contributed by atoms with Crippen molar-refractivity contribution in [1.29, 1.82) is 0 Å². The second-order valence-corrected chi connectivity index (χ2v) is 4.91. The molecule has 0 bridgehead atoms. The Labute approximate surface area is 133 Å². The first kappa shape index (κ1) is 20.0. The first-order chi connectivity index (χ1) is 7.42. The first-order valence-electron chi connectivity index (χ1n) is 4.47. The molecule has 0 aliphatic carbocycles. The van der Waals surface area contributed by atoms with Gasteiger partial charge in [0.25, 0.3) is 0 Å². The Morgan fingerprint density at radius 2 is 1.89 bits per heavy atom. The monoisotopic (exact) mass is 346 g/mol. The van der Waals surface area contributed by atoms with Gasteiger partial charge in [-0.3, -0.25) is 0 Å². The number of benzene rings is 1. The van der Waals surface area contributed by atoms with Crippen molar-refractivity contribution in [1.82, 2.24) is 0 Å². The smallest absolute Gasteiger partial charge is 0.338 e.